The molecule has 2 aromatic heterocycles. The molecule has 3 heterocycles. The molecule has 160 valence electrons. The number of methoxy groups -OCH3 is 1. The third-order valence-corrected chi connectivity index (χ3v) is 5.37. The molecule has 1 N–H and O–H groups in total. The van der Waals surface area contributed by atoms with Gasteiger partial charge in [0.1, 0.15) is 6.61 Å². The van der Waals surface area contributed by atoms with Crippen LogP contribution in [0.3, 0.4) is 0 Å². The molecule has 1 atom stereocenters. The molecule has 1 unspecified atom stereocenters. The van der Waals surface area contributed by atoms with Crippen molar-refractivity contribution < 1.29 is 14.0 Å². The summed E-state index contributed by atoms with van der Waals surface area (Å²) in [7, 11) is 1.61. The number of aromatic nitrogens is 4. The van der Waals surface area contributed by atoms with Crippen molar-refractivity contribution >= 4 is 0 Å². The summed E-state index contributed by atoms with van der Waals surface area (Å²) in [5, 5.41) is 11.4. The van der Waals surface area contributed by atoms with Gasteiger partial charge in [0.2, 0.25) is 0 Å². The van der Waals surface area contributed by atoms with Gasteiger partial charge >= 0.3 is 0 Å². The fourth-order valence-corrected chi connectivity index (χ4v) is 3.83. The monoisotopic (exact) mass is 411 g/mol. The molecule has 3 aromatic rings. The van der Waals surface area contributed by atoms with E-state index in [0.717, 1.165) is 38.2 Å². The number of nitrogens with one attached hydrogen (secondary N) is 1. The SMILES string of the molecule is COCc1nc(CCOC2CCCN(Cc3cn[nH]c3-c3ccc(C)cc3)C2)no1. The third-order valence-electron chi connectivity index (χ3n) is 5.37. The van der Waals surface area contributed by atoms with Crippen LogP contribution in [-0.4, -0.2) is 58.1 Å². The van der Waals surface area contributed by atoms with Gasteiger partial charge in [0, 0.05) is 32.2 Å². The highest BCUT2D eigenvalue weighted by Crippen LogP contribution is 2.24. The Labute approximate surface area is 176 Å². The van der Waals surface area contributed by atoms with Crippen LogP contribution >= 0.6 is 0 Å². The van der Waals surface area contributed by atoms with E-state index in [0.29, 0.717) is 31.3 Å². The summed E-state index contributed by atoms with van der Waals surface area (Å²) < 4.78 is 16.2. The van der Waals surface area contributed by atoms with E-state index < -0.39 is 0 Å². The van der Waals surface area contributed by atoms with Crippen LogP contribution in [0.15, 0.2) is 35.0 Å². The van der Waals surface area contributed by atoms with Crippen molar-refractivity contribution in [1.82, 2.24) is 25.2 Å². The summed E-state index contributed by atoms with van der Waals surface area (Å²) in [5.74, 6) is 1.16. The van der Waals surface area contributed by atoms with E-state index in [1.807, 2.05) is 6.20 Å². The molecule has 30 heavy (non-hydrogen) atoms. The maximum atomic E-state index is 6.12. The van der Waals surface area contributed by atoms with E-state index in [1.165, 1.54) is 16.7 Å². The van der Waals surface area contributed by atoms with E-state index in [1.54, 1.807) is 7.11 Å². The topological polar surface area (TPSA) is 89.3 Å². The van der Waals surface area contributed by atoms with Crippen LogP contribution in [-0.2, 0) is 29.0 Å². The molecule has 0 spiro atoms. The first kappa shape index (κ1) is 20.7. The molecule has 8 nitrogen and oxygen atoms in total. The van der Waals surface area contributed by atoms with Gasteiger partial charge in [-0.15, -0.1) is 0 Å². The maximum Gasteiger partial charge on any atom is 0.252 e. The minimum Gasteiger partial charge on any atom is -0.376 e. The van der Waals surface area contributed by atoms with Gasteiger partial charge in [-0.2, -0.15) is 10.1 Å². The lowest BCUT2D eigenvalue weighted by Crippen LogP contribution is -2.39. The second-order valence-corrected chi connectivity index (χ2v) is 7.79. The molecule has 0 radical (unpaired) electrons. The van der Waals surface area contributed by atoms with Gasteiger partial charge in [0.15, 0.2) is 5.82 Å². The second-order valence-electron chi connectivity index (χ2n) is 7.79. The fraction of sp³-hybridized carbons (Fsp3) is 0.500. The summed E-state index contributed by atoms with van der Waals surface area (Å²) in [5.41, 5.74) is 4.75. The van der Waals surface area contributed by atoms with Gasteiger partial charge in [-0.3, -0.25) is 10.00 Å². The Kier molecular flexibility index (Phi) is 6.88. The van der Waals surface area contributed by atoms with Crippen molar-refractivity contribution in [2.24, 2.45) is 0 Å². The normalized spacial score (nSPS) is 17.5. The smallest absolute Gasteiger partial charge is 0.252 e. The fourth-order valence-electron chi connectivity index (χ4n) is 3.83. The summed E-state index contributed by atoms with van der Waals surface area (Å²) in [6, 6.07) is 8.55. The Balaban J connectivity index is 1.28. The van der Waals surface area contributed by atoms with Crippen LogP contribution in [0.4, 0.5) is 0 Å². The Morgan fingerprint density at radius 1 is 1.27 bits per heavy atom. The van der Waals surface area contributed by atoms with Crippen molar-refractivity contribution in [3.05, 3.63) is 53.3 Å². The number of likely N-dealkylation sites (tertiary alicyclic amines) is 1. The Morgan fingerprint density at radius 3 is 2.97 bits per heavy atom. The molecule has 0 aliphatic carbocycles. The Hall–Kier alpha value is -2.55. The van der Waals surface area contributed by atoms with E-state index in [-0.39, 0.29) is 6.10 Å². The van der Waals surface area contributed by atoms with Gasteiger partial charge in [0.05, 0.1) is 24.6 Å². The van der Waals surface area contributed by atoms with Crippen LogP contribution in [0, 0.1) is 6.92 Å². The van der Waals surface area contributed by atoms with Crippen LogP contribution in [0.2, 0.25) is 0 Å². The lowest BCUT2D eigenvalue weighted by Gasteiger charge is -2.32. The Morgan fingerprint density at radius 2 is 2.13 bits per heavy atom. The zero-order chi connectivity index (χ0) is 20.8. The first-order valence-corrected chi connectivity index (χ1v) is 10.4. The highest BCUT2D eigenvalue weighted by Gasteiger charge is 2.22. The lowest BCUT2D eigenvalue weighted by molar-refractivity contribution is -0.00171. The van der Waals surface area contributed by atoms with Crippen LogP contribution in [0.25, 0.3) is 11.3 Å². The van der Waals surface area contributed by atoms with Gasteiger partial charge in [-0.05, 0) is 31.9 Å². The molecule has 1 aromatic carbocycles. The van der Waals surface area contributed by atoms with Gasteiger partial charge in [-0.25, -0.2) is 0 Å². The number of benzene rings is 1. The van der Waals surface area contributed by atoms with Gasteiger partial charge < -0.3 is 14.0 Å². The van der Waals surface area contributed by atoms with Crippen molar-refractivity contribution in [3.63, 3.8) is 0 Å². The molecule has 8 heteroatoms. The predicted octanol–water partition coefficient (Wildman–Crippen LogP) is 3.14. The summed E-state index contributed by atoms with van der Waals surface area (Å²) in [4.78, 5) is 6.73. The molecule has 4 rings (SSSR count). The zero-order valence-electron chi connectivity index (χ0n) is 17.6. The van der Waals surface area contributed by atoms with Crippen molar-refractivity contribution in [1.29, 1.82) is 0 Å². The first-order valence-electron chi connectivity index (χ1n) is 10.4. The minimum absolute atomic E-state index is 0.221. The molecule has 0 amide bonds. The molecular weight excluding hydrogens is 382 g/mol. The molecular formula is C22H29N5O3. The number of aromatic amines is 1. The number of hydrogen-bond acceptors (Lipinski definition) is 7. The highest BCUT2D eigenvalue weighted by atomic mass is 16.5. The molecule has 1 saturated heterocycles. The molecule has 0 saturated carbocycles. The number of nitrogens with zero attached hydrogens (tertiary/aromatic N) is 4. The van der Waals surface area contributed by atoms with Crippen molar-refractivity contribution in [2.45, 2.75) is 45.4 Å². The minimum atomic E-state index is 0.221. The van der Waals surface area contributed by atoms with Gasteiger partial charge in [0.25, 0.3) is 5.89 Å². The predicted molar refractivity (Wildman–Crippen MR) is 112 cm³/mol. The van der Waals surface area contributed by atoms with E-state index in [4.69, 9.17) is 14.0 Å². The van der Waals surface area contributed by atoms with E-state index >= 15 is 0 Å². The number of H-pyrrole nitrogens is 1. The zero-order valence-corrected chi connectivity index (χ0v) is 17.6. The van der Waals surface area contributed by atoms with Gasteiger partial charge in [-0.1, -0.05) is 35.0 Å². The summed E-state index contributed by atoms with van der Waals surface area (Å²) >= 11 is 0. The average molecular weight is 412 g/mol. The third kappa shape index (κ3) is 5.33. The largest absolute Gasteiger partial charge is 0.376 e. The molecule has 1 fully saturated rings. The van der Waals surface area contributed by atoms with Crippen molar-refractivity contribution in [3.8, 4) is 11.3 Å². The number of ether oxygens (including phenoxy) is 2. The molecule has 1 aliphatic heterocycles. The van der Waals surface area contributed by atoms with Crippen LogP contribution in [0.5, 0.6) is 0 Å². The number of rotatable bonds is 9. The maximum absolute atomic E-state index is 6.12. The number of hydrogen-bond donors (Lipinski definition) is 1. The Bertz CT molecular complexity index is 921. The lowest BCUT2D eigenvalue weighted by atomic mass is 10.0. The molecule has 0 bridgehead atoms. The number of aryl methyl sites for hydroxylation is 1. The molecule has 1 aliphatic rings. The summed E-state index contributed by atoms with van der Waals surface area (Å²) in [6.45, 7) is 5.88. The highest BCUT2D eigenvalue weighted by molar-refractivity contribution is 5.62. The number of piperidine rings is 1. The standard InChI is InChI=1S/C22H29N5O3/c1-16-5-7-17(8-6-16)22-18(12-23-25-22)13-27-10-3-4-19(14-27)29-11-9-20-24-21(15-28-2)30-26-20/h5-8,12,19H,3-4,9-11,13-15H2,1-2H3,(H,23,25). The second kappa shape index (κ2) is 9.97. The first-order chi connectivity index (χ1) is 14.7. The van der Waals surface area contributed by atoms with Crippen molar-refractivity contribution in [2.75, 3.05) is 26.8 Å². The van der Waals surface area contributed by atoms with Crippen LogP contribution in [0.1, 0.15) is 35.7 Å². The van der Waals surface area contributed by atoms with E-state index in [9.17, 15) is 0 Å². The quantitative estimate of drug-likeness (QED) is 0.578. The van der Waals surface area contributed by atoms with E-state index in [2.05, 4.69) is 56.4 Å². The van der Waals surface area contributed by atoms with Crippen LogP contribution < -0.4 is 0 Å². The average Bonchev–Trinajstić information content (AvgIpc) is 3.39. The summed E-state index contributed by atoms with van der Waals surface area (Å²) in [6.07, 6.45) is 5.01.